The lowest BCUT2D eigenvalue weighted by atomic mass is 10.00. The summed E-state index contributed by atoms with van der Waals surface area (Å²) in [6.45, 7) is 0.997. The second kappa shape index (κ2) is 7.24. The second-order valence-corrected chi connectivity index (χ2v) is 8.34. The van der Waals surface area contributed by atoms with Gasteiger partial charge in [0.15, 0.2) is 11.5 Å². The number of aryl methyl sites for hydroxylation is 1. The van der Waals surface area contributed by atoms with Crippen LogP contribution in [-0.4, -0.2) is 50.1 Å². The number of hydrogen-bond donors (Lipinski definition) is 0. The first kappa shape index (κ1) is 18.7. The van der Waals surface area contributed by atoms with Gasteiger partial charge in [0.05, 0.1) is 14.2 Å². The Morgan fingerprint density at radius 2 is 2.00 bits per heavy atom. The fourth-order valence-corrected chi connectivity index (χ4v) is 4.55. The smallest absolute Gasteiger partial charge is 0.245 e. The molecule has 0 unspecified atom stereocenters. The number of nitrogens with zero attached hydrogens (tertiary/aromatic N) is 3. The highest BCUT2D eigenvalue weighted by Gasteiger charge is 2.30. The molecule has 0 N–H and O–H groups in total. The number of methoxy groups -OCH3 is 2. The minimum Gasteiger partial charge on any atom is -0.493 e. The molecule has 0 saturated heterocycles. The van der Waals surface area contributed by atoms with Gasteiger partial charge >= 0.3 is 0 Å². The zero-order valence-electron chi connectivity index (χ0n) is 15.0. The van der Waals surface area contributed by atoms with Crippen LogP contribution in [0.2, 0.25) is 0 Å². The van der Waals surface area contributed by atoms with Gasteiger partial charge in [-0.3, -0.25) is 0 Å². The fourth-order valence-electron chi connectivity index (χ4n) is 3.25. The molecule has 1 atom stereocenters. The van der Waals surface area contributed by atoms with Crippen molar-refractivity contribution in [3.63, 3.8) is 0 Å². The highest BCUT2D eigenvalue weighted by molar-refractivity contribution is 7.89. The Bertz CT molecular complexity index is 897. The van der Waals surface area contributed by atoms with Gasteiger partial charge in [-0.1, -0.05) is 0 Å². The monoisotopic (exact) mass is 383 g/mol. The van der Waals surface area contributed by atoms with Crippen molar-refractivity contribution in [2.24, 2.45) is 5.92 Å². The summed E-state index contributed by atoms with van der Waals surface area (Å²) in [5, 5.41) is 0. The van der Waals surface area contributed by atoms with Gasteiger partial charge in [-0.25, -0.2) is 22.1 Å². The van der Waals surface area contributed by atoms with Crippen LogP contribution in [0.15, 0.2) is 29.4 Å². The number of halogens is 1. The van der Waals surface area contributed by atoms with Gasteiger partial charge in [0.1, 0.15) is 16.5 Å². The van der Waals surface area contributed by atoms with Crippen LogP contribution in [0.4, 0.5) is 4.39 Å². The largest absolute Gasteiger partial charge is 0.493 e. The van der Waals surface area contributed by atoms with Crippen LogP contribution >= 0.6 is 0 Å². The van der Waals surface area contributed by atoms with Crippen LogP contribution in [-0.2, 0) is 23.0 Å². The molecule has 26 heavy (non-hydrogen) atoms. The third-order valence-electron chi connectivity index (χ3n) is 4.67. The van der Waals surface area contributed by atoms with E-state index in [2.05, 4.69) is 4.98 Å². The molecule has 1 aromatic heterocycles. The Morgan fingerprint density at radius 1 is 1.31 bits per heavy atom. The van der Waals surface area contributed by atoms with Gasteiger partial charge in [-0.05, 0) is 12.3 Å². The normalized spacial score (nSPS) is 17.2. The molecular weight excluding hydrogens is 361 g/mol. The average Bonchev–Trinajstić information content (AvgIpc) is 3.08. The third-order valence-corrected chi connectivity index (χ3v) is 6.51. The molecule has 7 nitrogen and oxygen atoms in total. The molecule has 0 saturated carbocycles. The summed E-state index contributed by atoms with van der Waals surface area (Å²) >= 11 is 0. The van der Waals surface area contributed by atoms with Crippen molar-refractivity contribution in [3.8, 4) is 11.5 Å². The topological polar surface area (TPSA) is 73.7 Å². The molecule has 0 spiro atoms. The number of ether oxygens (including phenoxy) is 2. The molecule has 0 bridgehead atoms. The van der Waals surface area contributed by atoms with E-state index < -0.39 is 20.7 Å². The molecule has 1 aliphatic rings. The predicted octanol–water partition coefficient (Wildman–Crippen LogP) is 1.92. The molecule has 142 valence electrons. The van der Waals surface area contributed by atoms with Crippen molar-refractivity contribution in [2.45, 2.75) is 24.3 Å². The Labute approximate surface area is 152 Å². The van der Waals surface area contributed by atoms with Crippen LogP contribution < -0.4 is 9.47 Å². The lowest BCUT2D eigenvalue weighted by Gasteiger charge is -2.28. The lowest BCUT2D eigenvalue weighted by molar-refractivity contribution is 0.302. The van der Waals surface area contributed by atoms with Gasteiger partial charge in [0.25, 0.3) is 0 Å². The highest BCUT2D eigenvalue weighted by Crippen LogP contribution is 2.33. The number of imidazole rings is 1. The first-order valence-electron chi connectivity index (χ1n) is 8.24. The first-order chi connectivity index (χ1) is 12.4. The van der Waals surface area contributed by atoms with Crippen molar-refractivity contribution in [1.29, 1.82) is 0 Å². The van der Waals surface area contributed by atoms with E-state index in [0.717, 1.165) is 30.8 Å². The Morgan fingerprint density at radius 3 is 2.69 bits per heavy atom. The summed E-state index contributed by atoms with van der Waals surface area (Å²) in [4.78, 5) is 3.85. The molecular formula is C17H22FN3O4S. The van der Waals surface area contributed by atoms with E-state index in [1.165, 1.54) is 25.6 Å². The van der Waals surface area contributed by atoms with Gasteiger partial charge < -0.3 is 14.0 Å². The molecule has 2 aromatic rings. The zero-order chi connectivity index (χ0) is 18.9. The lowest BCUT2D eigenvalue weighted by Crippen LogP contribution is -2.35. The molecule has 1 aromatic carbocycles. The van der Waals surface area contributed by atoms with Crippen LogP contribution in [0.25, 0.3) is 0 Å². The van der Waals surface area contributed by atoms with E-state index in [1.807, 2.05) is 10.8 Å². The van der Waals surface area contributed by atoms with Crippen molar-refractivity contribution in [1.82, 2.24) is 13.9 Å². The number of sulfonamides is 1. The number of benzene rings is 1. The van der Waals surface area contributed by atoms with Gasteiger partial charge in [-0.2, -0.15) is 0 Å². The van der Waals surface area contributed by atoms with Crippen LogP contribution in [0, 0.1) is 11.7 Å². The number of rotatable bonds is 6. The van der Waals surface area contributed by atoms with Crippen molar-refractivity contribution >= 4 is 10.0 Å². The zero-order valence-corrected chi connectivity index (χ0v) is 15.8. The van der Waals surface area contributed by atoms with Crippen molar-refractivity contribution < 1.29 is 22.3 Å². The summed E-state index contributed by atoms with van der Waals surface area (Å²) in [5.74, 6) is 0.598. The van der Waals surface area contributed by atoms with E-state index in [1.54, 1.807) is 6.20 Å². The van der Waals surface area contributed by atoms with E-state index in [9.17, 15) is 12.8 Å². The quantitative estimate of drug-likeness (QED) is 0.762. The maximum Gasteiger partial charge on any atom is 0.245 e. The van der Waals surface area contributed by atoms with E-state index in [-0.39, 0.29) is 17.4 Å². The van der Waals surface area contributed by atoms with E-state index >= 15 is 0 Å². The predicted molar refractivity (Wildman–Crippen MR) is 93.4 cm³/mol. The van der Waals surface area contributed by atoms with Crippen molar-refractivity contribution in [3.05, 3.63) is 36.2 Å². The summed E-state index contributed by atoms with van der Waals surface area (Å²) in [7, 11) is 0.216. The maximum absolute atomic E-state index is 14.4. The number of hydrogen-bond acceptors (Lipinski definition) is 5. The molecule has 0 amide bonds. The van der Waals surface area contributed by atoms with Gasteiger partial charge in [0, 0.05) is 51.1 Å². The Balaban J connectivity index is 1.82. The molecule has 0 radical (unpaired) electrons. The summed E-state index contributed by atoms with van der Waals surface area (Å²) in [6.07, 6.45) is 5.28. The number of fused-ring (bicyclic) bond motifs is 1. The van der Waals surface area contributed by atoms with E-state index in [4.69, 9.17) is 9.47 Å². The van der Waals surface area contributed by atoms with Crippen LogP contribution in [0.3, 0.4) is 0 Å². The molecule has 0 aliphatic carbocycles. The summed E-state index contributed by atoms with van der Waals surface area (Å²) in [6, 6.07) is 2.19. The van der Waals surface area contributed by atoms with Gasteiger partial charge in [0.2, 0.25) is 10.0 Å². The SMILES string of the molecule is COc1cc(F)c(S(=O)(=O)N(C)C[C@H]2CCc3nccn3C2)cc1OC. The third kappa shape index (κ3) is 3.41. The first-order valence-corrected chi connectivity index (χ1v) is 9.68. The standard InChI is InChI=1S/C17H22FN3O4S/c1-20(10-12-4-5-17-19-6-7-21(17)11-12)26(22,23)16-9-15(25-3)14(24-2)8-13(16)18/h6-9,12H,4-5,10-11H2,1-3H3/t12-/m1/s1. The van der Waals surface area contributed by atoms with Gasteiger partial charge in [-0.15, -0.1) is 0 Å². The summed E-state index contributed by atoms with van der Waals surface area (Å²) in [5.41, 5.74) is 0. The molecule has 3 rings (SSSR count). The Hall–Kier alpha value is -2.13. The average molecular weight is 383 g/mol. The highest BCUT2D eigenvalue weighted by atomic mass is 32.2. The van der Waals surface area contributed by atoms with Crippen LogP contribution in [0.1, 0.15) is 12.2 Å². The minimum absolute atomic E-state index is 0.139. The second-order valence-electron chi connectivity index (χ2n) is 6.32. The Kier molecular flexibility index (Phi) is 5.19. The summed E-state index contributed by atoms with van der Waals surface area (Å²) < 4.78 is 53.5. The molecule has 0 fully saturated rings. The van der Waals surface area contributed by atoms with E-state index in [0.29, 0.717) is 13.1 Å². The maximum atomic E-state index is 14.4. The fraction of sp³-hybridized carbons (Fsp3) is 0.471. The molecule has 2 heterocycles. The number of aromatic nitrogens is 2. The van der Waals surface area contributed by atoms with Crippen LogP contribution in [0.5, 0.6) is 11.5 Å². The minimum atomic E-state index is -3.99. The molecule has 1 aliphatic heterocycles. The molecule has 9 heteroatoms. The van der Waals surface area contributed by atoms with Crippen molar-refractivity contribution in [2.75, 3.05) is 27.8 Å².